The smallest absolute Gasteiger partial charge is 0.288 e. The van der Waals surface area contributed by atoms with Gasteiger partial charge in [-0.3, -0.25) is 10.1 Å². The van der Waals surface area contributed by atoms with Crippen LogP contribution in [0, 0.1) is 10.1 Å². The first-order valence-electron chi connectivity index (χ1n) is 3.45. The van der Waals surface area contributed by atoms with Crippen molar-refractivity contribution in [3.8, 4) is 0 Å². The van der Waals surface area contributed by atoms with Crippen LogP contribution < -0.4 is 0 Å². The van der Waals surface area contributed by atoms with E-state index >= 15 is 0 Å². The summed E-state index contributed by atoms with van der Waals surface area (Å²) in [6.07, 6.45) is 2.92. The third kappa shape index (κ3) is 1.29. The highest BCUT2D eigenvalue weighted by molar-refractivity contribution is 9.10. The molecule has 5 nitrogen and oxygen atoms in total. The van der Waals surface area contributed by atoms with E-state index in [0.29, 0.717) is 11.0 Å². The molecule has 2 aromatic heterocycles. The molecule has 0 fully saturated rings. The number of H-pyrrole nitrogens is 1. The Hall–Kier alpha value is -1.43. The molecule has 0 unspecified atom stereocenters. The van der Waals surface area contributed by atoms with E-state index in [4.69, 9.17) is 0 Å². The Morgan fingerprint density at radius 2 is 2.38 bits per heavy atom. The van der Waals surface area contributed by atoms with E-state index in [1.807, 2.05) is 0 Å². The van der Waals surface area contributed by atoms with E-state index in [9.17, 15) is 10.1 Å². The van der Waals surface area contributed by atoms with E-state index in [1.165, 1.54) is 12.3 Å². The second kappa shape index (κ2) is 2.81. The first-order valence-corrected chi connectivity index (χ1v) is 4.25. The summed E-state index contributed by atoms with van der Waals surface area (Å²) in [4.78, 5) is 16.7. The van der Waals surface area contributed by atoms with Gasteiger partial charge < -0.3 is 4.98 Å². The molecule has 2 heterocycles. The van der Waals surface area contributed by atoms with E-state index in [-0.39, 0.29) is 5.69 Å². The monoisotopic (exact) mass is 241 g/mol. The predicted molar refractivity (Wildman–Crippen MR) is 50.4 cm³/mol. The van der Waals surface area contributed by atoms with Crippen LogP contribution in [0.15, 0.2) is 22.9 Å². The summed E-state index contributed by atoms with van der Waals surface area (Å²) in [5.74, 6) is 0. The number of nitrogens with one attached hydrogen (secondary N) is 1. The zero-order valence-electron chi connectivity index (χ0n) is 6.32. The second-order valence-electron chi connectivity index (χ2n) is 2.48. The Kier molecular flexibility index (Phi) is 1.77. The molecule has 6 heteroatoms. The van der Waals surface area contributed by atoms with Crippen molar-refractivity contribution in [1.82, 2.24) is 9.97 Å². The molecule has 0 atom stereocenters. The maximum Gasteiger partial charge on any atom is 0.288 e. The number of nitro groups is 1. The van der Waals surface area contributed by atoms with Crippen LogP contribution in [0.1, 0.15) is 0 Å². The Morgan fingerprint density at radius 1 is 1.62 bits per heavy atom. The van der Waals surface area contributed by atoms with Crippen molar-refractivity contribution in [2.75, 3.05) is 0 Å². The van der Waals surface area contributed by atoms with Gasteiger partial charge in [0.15, 0.2) is 0 Å². The molecule has 0 amide bonds. The van der Waals surface area contributed by atoms with Gasteiger partial charge in [-0.25, -0.2) is 4.98 Å². The van der Waals surface area contributed by atoms with Crippen molar-refractivity contribution < 1.29 is 4.92 Å². The SMILES string of the molecule is O=[N+]([O-])c1cnc2[nH]cc(Br)c2c1. The molecule has 0 spiro atoms. The van der Waals surface area contributed by atoms with Crippen LogP contribution in [0.2, 0.25) is 0 Å². The van der Waals surface area contributed by atoms with Gasteiger partial charge in [-0.15, -0.1) is 0 Å². The average molecular weight is 242 g/mol. The van der Waals surface area contributed by atoms with E-state index in [0.717, 1.165) is 4.47 Å². The minimum atomic E-state index is -0.466. The normalized spacial score (nSPS) is 10.5. The molecule has 0 saturated carbocycles. The number of aromatic amines is 1. The number of halogens is 1. The summed E-state index contributed by atoms with van der Waals surface area (Å²) in [5.41, 5.74) is 0.630. The highest BCUT2D eigenvalue weighted by atomic mass is 79.9. The third-order valence-electron chi connectivity index (χ3n) is 1.68. The molecule has 2 rings (SSSR count). The molecular weight excluding hydrogens is 238 g/mol. The summed E-state index contributed by atoms with van der Waals surface area (Å²) in [6, 6.07) is 1.48. The van der Waals surface area contributed by atoms with Crippen molar-refractivity contribution in [3.63, 3.8) is 0 Å². The average Bonchev–Trinajstić information content (AvgIpc) is 2.47. The van der Waals surface area contributed by atoms with Crippen LogP contribution >= 0.6 is 15.9 Å². The molecule has 1 N–H and O–H groups in total. The first kappa shape index (κ1) is 8.18. The lowest BCUT2D eigenvalue weighted by molar-refractivity contribution is -0.385. The minimum Gasteiger partial charge on any atom is -0.345 e. The molecule has 13 heavy (non-hydrogen) atoms. The molecule has 0 radical (unpaired) electrons. The van der Waals surface area contributed by atoms with Gasteiger partial charge >= 0.3 is 0 Å². The number of nitrogens with zero attached hydrogens (tertiary/aromatic N) is 2. The van der Waals surface area contributed by atoms with Crippen LogP contribution in [-0.2, 0) is 0 Å². The zero-order chi connectivity index (χ0) is 9.42. The van der Waals surface area contributed by atoms with Gasteiger partial charge in [0.25, 0.3) is 5.69 Å². The number of hydrogen-bond acceptors (Lipinski definition) is 3. The number of aromatic nitrogens is 2. The number of hydrogen-bond donors (Lipinski definition) is 1. The van der Waals surface area contributed by atoms with Crippen molar-refractivity contribution in [2.45, 2.75) is 0 Å². The quantitative estimate of drug-likeness (QED) is 0.615. The van der Waals surface area contributed by atoms with Crippen LogP contribution in [0.5, 0.6) is 0 Å². The Morgan fingerprint density at radius 3 is 3.08 bits per heavy atom. The van der Waals surface area contributed by atoms with Gasteiger partial charge in [0.1, 0.15) is 11.8 Å². The van der Waals surface area contributed by atoms with E-state index < -0.39 is 4.92 Å². The Bertz CT molecular complexity index is 480. The van der Waals surface area contributed by atoms with Gasteiger partial charge in [0, 0.05) is 22.1 Å². The van der Waals surface area contributed by atoms with Gasteiger partial charge in [-0.05, 0) is 15.9 Å². The molecular formula is C7H4BrN3O2. The summed E-state index contributed by atoms with van der Waals surface area (Å²) >= 11 is 3.26. The fraction of sp³-hybridized carbons (Fsp3) is 0. The zero-order valence-corrected chi connectivity index (χ0v) is 7.91. The summed E-state index contributed by atoms with van der Waals surface area (Å²) in [5, 5.41) is 11.1. The summed E-state index contributed by atoms with van der Waals surface area (Å²) < 4.78 is 0.777. The molecule has 0 aliphatic heterocycles. The molecule has 66 valence electrons. The van der Waals surface area contributed by atoms with Gasteiger partial charge in [0.2, 0.25) is 0 Å². The van der Waals surface area contributed by atoms with Crippen molar-refractivity contribution in [1.29, 1.82) is 0 Å². The minimum absolute atomic E-state index is 0.00667. The molecule has 2 aromatic rings. The first-order chi connectivity index (χ1) is 6.18. The topological polar surface area (TPSA) is 71.8 Å². The molecule has 0 saturated heterocycles. The highest BCUT2D eigenvalue weighted by Gasteiger charge is 2.09. The van der Waals surface area contributed by atoms with E-state index in [1.54, 1.807) is 6.20 Å². The fourth-order valence-electron chi connectivity index (χ4n) is 1.06. The molecule has 0 bridgehead atoms. The third-order valence-corrected chi connectivity index (χ3v) is 2.33. The lowest BCUT2D eigenvalue weighted by Crippen LogP contribution is -1.88. The lowest BCUT2D eigenvalue weighted by atomic mass is 10.3. The Balaban J connectivity index is 2.72. The van der Waals surface area contributed by atoms with Crippen LogP contribution in [0.25, 0.3) is 11.0 Å². The number of fused-ring (bicyclic) bond motifs is 1. The van der Waals surface area contributed by atoms with Crippen molar-refractivity contribution in [2.24, 2.45) is 0 Å². The highest BCUT2D eigenvalue weighted by Crippen LogP contribution is 2.24. The summed E-state index contributed by atoms with van der Waals surface area (Å²) in [6.45, 7) is 0. The van der Waals surface area contributed by atoms with Gasteiger partial charge in [-0.2, -0.15) is 0 Å². The summed E-state index contributed by atoms with van der Waals surface area (Å²) in [7, 11) is 0. The van der Waals surface area contributed by atoms with Gasteiger partial charge in [-0.1, -0.05) is 0 Å². The lowest BCUT2D eigenvalue weighted by Gasteiger charge is -1.90. The standard InChI is InChI=1S/C7H4BrN3O2/c8-6-3-10-7-5(6)1-4(2-9-7)11(12)13/h1-3H,(H,9,10). The Labute approximate surface area is 81.1 Å². The second-order valence-corrected chi connectivity index (χ2v) is 3.34. The number of pyridine rings is 1. The van der Waals surface area contributed by atoms with Crippen molar-refractivity contribution >= 4 is 32.7 Å². The maximum atomic E-state index is 10.4. The largest absolute Gasteiger partial charge is 0.345 e. The number of rotatable bonds is 1. The fourth-order valence-corrected chi connectivity index (χ4v) is 1.48. The van der Waals surface area contributed by atoms with Crippen LogP contribution in [-0.4, -0.2) is 14.9 Å². The maximum absolute atomic E-state index is 10.4. The van der Waals surface area contributed by atoms with Crippen molar-refractivity contribution in [3.05, 3.63) is 33.0 Å². The van der Waals surface area contributed by atoms with E-state index in [2.05, 4.69) is 25.9 Å². The van der Waals surface area contributed by atoms with Gasteiger partial charge in [0.05, 0.1) is 4.92 Å². The molecule has 0 aromatic carbocycles. The molecule has 0 aliphatic carbocycles. The molecule has 0 aliphatic rings. The predicted octanol–water partition coefficient (Wildman–Crippen LogP) is 2.23. The van der Waals surface area contributed by atoms with Crippen LogP contribution in [0.3, 0.4) is 0 Å². The van der Waals surface area contributed by atoms with Crippen LogP contribution in [0.4, 0.5) is 5.69 Å².